The second-order valence-corrected chi connectivity index (χ2v) is 10.4. The Balaban J connectivity index is 1.54. The molecule has 2 aromatic rings. The number of benzene rings is 1. The molecule has 29 heavy (non-hydrogen) atoms. The molecule has 1 aromatic heterocycles. The number of amides is 2. The van der Waals surface area contributed by atoms with E-state index >= 15 is 0 Å². The topological polar surface area (TPSA) is 95.6 Å². The Morgan fingerprint density at radius 1 is 1.17 bits per heavy atom. The van der Waals surface area contributed by atoms with Gasteiger partial charge in [0.1, 0.15) is 10.0 Å². The number of carbonyl (C=O) groups is 2. The highest BCUT2D eigenvalue weighted by atomic mass is 32.2. The molecular weight excluding hydrogens is 417 g/mol. The largest absolute Gasteiger partial charge is 0.273 e. The first-order chi connectivity index (χ1) is 13.8. The molecule has 1 atom stereocenters. The maximum atomic E-state index is 12.9. The number of hydrogen-bond donors (Lipinski definition) is 2. The standard InChI is InChI=1S/C19H22FN3O4S2/c1-13-4-9-18(28-13)29(26,27)23-10-2-3-15(12-23)19(25)22-21-17(24)11-14-5-7-16(20)8-6-14/h4-9,15H,2-3,10-12H2,1H3,(H,21,24)(H,22,25). The monoisotopic (exact) mass is 439 g/mol. The van der Waals surface area contributed by atoms with Crippen LogP contribution in [-0.4, -0.2) is 37.6 Å². The fraction of sp³-hybridized carbons (Fsp3) is 0.368. The number of thiophene rings is 1. The number of sulfonamides is 1. The maximum Gasteiger partial charge on any atom is 0.252 e. The maximum absolute atomic E-state index is 12.9. The van der Waals surface area contributed by atoms with E-state index in [-0.39, 0.29) is 17.2 Å². The summed E-state index contributed by atoms with van der Waals surface area (Å²) in [5.74, 6) is -1.82. The van der Waals surface area contributed by atoms with Gasteiger partial charge in [0, 0.05) is 18.0 Å². The van der Waals surface area contributed by atoms with Crippen LogP contribution in [0.1, 0.15) is 23.3 Å². The Morgan fingerprint density at radius 2 is 1.90 bits per heavy atom. The Morgan fingerprint density at radius 3 is 2.55 bits per heavy atom. The molecular formula is C19H22FN3O4S2. The Hall–Kier alpha value is -2.30. The van der Waals surface area contributed by atoms with Crippen molar-refractivity contribution in [2.45, 2.75) is 30.4 Å². The van der Waals surface area contributed by atoms with Crippen LogP contribution in [0.2, 0.25) is 0 Å². The summed E-state index contributed by atoms with van der Waals surface area (Å²) >= 11 is 1.20. The number of aryl methyl sites for hydroxylation is 1. The van der Waals surface area contributed by atoms with E-state index < -0.39 is 33.6 Å². The van der Waals surface area contributed by atoms with Crippen LogP contribution in [0.3, 0.4) is 0 Å². The summed E-state index contributed by atoms with van der Waals surface area (Å²) in [6, 6.07) is 8.83. The number of hydrazine groups is 1. The van der Waals surface area contributed by atoms with Gasteiger partial charge in [-0.05, 0) is 49.6 Å². The summed E-state index contributed by atoms with van der Waals surface area (Å²) in [5.41, 5.74) is 5.31. The van der Waals surface area contributed by atoms with Crippen molar-refractivity contribution in [2.24, 2.45) is 5.92 Å². The van der Waals surface area contributed by atoms with Crippen molar-refractivity contribution in [3.63, 3.8) is 0 Å². The van der Waals surface area contributed by atoms with Crippen LogP contribution in [0.15, 0.2) is 40.6 Å². The number of nitrogens with zero attached hydrogens (tertiary/aromatic N) is 1. The molecule has 0 radical (unpaired) electrons. The minimum Gasteiger partial charge on any atom is -0.273 e. The van der Waals surface area contributed by atoms with E-state index in [1.807, 2.05) is 6.92 Å². The zero-order chi connectivity index (χ0) is 21.0. The van der Waals surface area contributed by atoms with Gasteiger partial charge in [-0.1, -0.05) is 12.1 Å². The molecule has 1 fully saturated rings. The number of nitrogens with one attached hydrogen (secondary N) is 2. The van der Waals surface area contributed by atoms with E-state index in [4.69, 9.17) is 0 Å². The summed E-state index contributed by atoms with van der Waals surface area (Å²) in [7, 11) is -3.63. The van der Waals surface area contributed by atoms with Crippen molar-refractivity contribution in [3.8, 4) is 0 Å². The van der Waals surface area contributed by atoms with Gasteiger partial charge in [0.25, 0.3) is 10.0 Å². The molecule has 7 nitrogen and oxygen atoms in total. The Kier molecular flexibility index (Phi) is 6.66. The van der Waals surface area contributed by atoms with E-state index in [1.165, 1.54) is 39.9 Å². The van der Waals surface area contributed by atoms with Gasteiger partial charge in [0.05, 0.1) is 12.3 Å². The third kappa shape index (κ3) is 5.40. The molecule has 1 unspecified atom stereocenters. The first kappa shape index (κ1) is 21.4. The van der Waals surface area contributed by atoms with Crippen LogP contribution in [0.4, 0.5) is 4.39 Å². The highest BCUT2D eigenvalue weighted by Crippen LogP contribution is 2.28. The number of carbonyl (C=O) groups excluding carboxylic acids is 2. The van der Waals surface area contributed by atoms with Gasteiger partial charge in [0.2, 0.25) is 11.8 Å². The Labute approximate surface area is 172 Å². The van der Waals surface area contributed by atoms with Crippen molar-refractivity contribution in [1.82, 2.24) is 15.2 Å². The van der Waals surface area contributed by atoms with E-state index in [0.29, 0.717) is 24.9 Å². The lowest BCUT2D eigenvalue weighted by Crippen LogP contribution is -2.50. The quantitative estimate of drug-likeness (QED) is 0.697. The summed E-state index contributed by atoms with van der Waals surface area (Å²) < 4.78 is 40.0. The minimum atomic E-state index is -3.63. The van der Waals surface area contributed by atoms with Crippen LogP contribution in [-0.2, 0) is 26.0 Å². The van der Waals surface area contributed by atoms with Crippen LogP contribution in [0, 0.1) is 18.7 Å². The molecule has 1 aliphatic heterocycles. The van der Waals surface area contributed by atoms with E-state index in [2.05, 4.69) is 10.9 Å². The van der Waals surface area contributed by atoms with E-state index in [9.17, 15) is 22.4 Å². The van der Waals surface area contributed by atoms with Gasteiger partial charge in [-0.25, -0.2) is 12.8 Å². The normalized spacial score (nSPS) is 17.7. The second-order valence-electron chi connectivity index (χ2n) is 6.91. The van der Waals surface area contributed by atoms with Crippen molar-refractivity contribution in [3.05, 3.63) is 52.7 Å². The average Bonchev–Trinajstić information content (AvgIpc) is 3.15. The molecule has 1 aromatic carbocycles. The number of hydrogen-bond acceptors (Lipinski definition) is 5. The first-order valence-corrected chi connectivity index (χ1v) is 11.4. The van der Waals surface area contributed by atoms with Crippen molar-refractivity contribution >= 4 is 33.2 Å². The fourth-order valence-corrected chi connectivity index (χ4v) is 6.08. The summed E-state index contributed by atoms with van der Waals surface area (Å²) in [4.78, 5) is 25.3. The summed E-state index contributed by atoms with van der Waals surface area (Å²) in [6.45, 7) is 2.27. The van der Waals surface area contributed by atoms with Crippen LogP contribution in [0.5, 0.6) is 0 Å². The fourth-order valence-electron chi connectivity index (χ4n) is 3.12. The SMILES string of the molecule is Cc1ccc(S(=O)(=O)N2CCCC(C(=O)NNC(=O)Cc3ccc(F)cc3)C2)s1. The third-order valence-electron chi connectivity index (χ3n) is 4.67. The number of halogens is 1. The molecule has 10 heteroatoms. The smallest absolute Gasteiger partial charge is 0.252 e. The highest BCUT2D eigenvalue weighted by molar-refractivity contribution is 7.91. The molecule has 3 rings (SSSR count). The van der Waals surface area contributed by atoms with Gasteiger partial charge < -0.3 is 0 Å². The van der Waals surface area contributed by atoms with Crippen LogP contribution in [0.25, 0.3) is 0 Å². The van der Waals surface area contributed by atoms with Gasteiger partial charge in [0.15, 0.2) is 0 Å². The van der Waals surface area contributed by atoms with Gasteiger partial charge in [-0.15, -0.1) is 11.3 Å². The molecule has 0 spiro atoms. The van der Waals surface area contributed by atoms with Gasteiger partial charge in [-0.3, -0.25) is 20.4 Å². The summed E-state index contributed by atoms with van der Waals surface area (Å²) in [6.07, 6.45) is 1.09. The highest BCUT2D eigenvalue weighted by Gasteiger charge is 2.34. The number of rotatable bonds is 5. The predicted octanol–water partition coefficient (Wildman–Crippen LogP) is 1.99. The lowest BCUT2D eigenvalue weighted by Gasteiger charge is -2.30. The molecule has 156 valence electrons. The van der Waals surface area contributed by atoms with E-state index in [0.717, 1.165) is 4.88 Å². The van der Waals surface area contributed by atoms with Gasteiger partial charge in [-0.2, -0.15) is 4.31 Å². The lowest BCUT2D eigenvalue weighted by molar-refractivity contribution is -0.131. The number of piperidine rings is 1. The zero-order valence-corrected chi connectivity index (χ0v) is 17.5. The molecule has 2 amide bonds. The van der Waals surface area contributed by atoms with Crippen molar-refractivity contribution in [2.75, 3.05) is 13.1 Å². The predicted molar refractivity (Wildman–Crippen MR) is 107 cm³/mol. The molecule has 0 aliphatic carbocycles. The van der Waals surface area contributed by atoms with Crippen molar-refractivity contribution < 1.29 is 22.4 Å². The lowest BCUT2D eigenvalue weighted by atomic mass is 9.99. The third-order valence-corrected chi connectivity index (χ3v) is 8.00. The molecule has 1 saturated heterocycles. The summed E-state index contributed by atoms with van der Waals surface area (Å²) in [5, 5.41) is 0. The van der Waals surface area contributed by atoms with Gasteiger partial charge >= 0.3 is 0 Å². The van der Waals surface area contributed by atoms with E-state index in [1.54, 1.807) is 12.1 Å². The molecule has 2 N–H and O–H groups in total. The molecule has 0 bridgehead atoms. The second kappa shape index (κ2) is 9.02. The first-order valence-electron chi connectivity index (χ1n) is 9.15. The molecule has 1 aliphatic rings. The zero-order valence-electron chi connectivity index (χ0n) is 15.9. The molecule has 2 heterocycles. The Bertz CT molecular complexity index is 989. The van der Waals surface area contributed by atoms with Crippen molar-refractivity contribution in [1.29, 1.82) is 0 Å². The van der Waals surface area contributed by atoms with Crippen LogP contribution >= 0.6 is 11.3 Å². The minimum absolute atomic E-state index is 0.0105. The average molecular weight is 440 g/mol. The van der Waals surface area contributed by atoms with Crippen LogP contribution < -0.4 is 10.9 Å². The molecule has 0 saturated carbocycles.